The summed E-state index contributed by atoms with van der Waals surface area (Å²) in [5, 5.41) is 9.25. The van der Waals surface area contributed by atoms with E-state index >= 15 is 0 Å². The second-order valence-corrected chi connectivity index (χ2v) is 5.82. The van der Waals surface area contributed by atoms with Gasteiger partial charge in [-0.3, -0.25) is 4.79 Å². The number of nitrogens with zero attached hydrogens (tertiary/aromatic N) is 1. The molecule has 1 saturated carbocycles. The molecule has 0 bridgehead atoms. The number of carbonyl (C=O) groups excluding carboxylic acids is 1. The lowest BCUT2D eigenvalue weighted by atomic mass is 9.82. The number of carbonyl (C=O) groups is 1. The fourth-order valence-corrected chi connectivity index (χ4v) is 2.55. The minimum absolute atomic E-state index is 0.0219. The van der Waals surface area contributed by atoms with Crippen LogP contribution in [-0.4, -0.2) is 42.2 Å². The summed E-state index contributed by atoms with van der Waals surface area (Å²) in [5.74, 6) is 1.17. The van der Waals surface area contributed by atoms with Crippen LogP contribution in [0, 0.1) is 19.8 Å². The Kier molecular flexibility index (Phi) is 4.65. The number of aryl methyl sites for hydroxylation is 2. The monoisotopic (exact) mass is 277 g/mol. The molecule has 0 saturated heterocycles. The standard InChI is InChI=1S/C16H23NO3/c1-11-4-5-15(12(2)6-11)20-10-16(19)17(3)9-13-7-14(18)8-13/h4-6,13-14,18H,7-10H2,1-3H3. The molecular formula is C16H23NO3. The van der Waals surface area contributed by atoms with Crippen molar-refractivity contribution in [3.8, 4) is 5.75 Å². The Morgan fingerprint density at radius 3 is 2.70 bits per heavy atom. The van der Waals surface area contributed by atoms with Crippen molar-refractivity contribution in [1.82, 2.24) is 4.90 Å². The Labute approximate surface area is 120 Å². The number of rotatable bonds is 5. The predicted molar refractivity (Wildman–Crippen MR) is 77.8 cm³/mol. The van der Waals surface area contributed by atoms with Gasteiger partial charge in [-0.05, 0) is 44.2 Å². The molecular weight excluding hydrogens is 254 g/mol. The molecule has 110 valence electrons. The van der Waals surface area contributed by atoms with Crippen molar-refractivity contribution in [3.05, 3.63) is 29.3 Å². The van der Waals surface area contributed by atoms with E-state index in [0.29, 0.717) is 12.5 Å². The van der Waals surface area contributed by atoms with Gasteiger partial charge in [0, 0.05) is 13.6 Å². The number of benzene rings is 1. The van der Waals surface area contributed by atoms with Gasteiger partial charge in [0.15, 0.2) is 6.61 Å². The zero-order chi connectivity index (χ0) is 14.7. The summed E-state index contributed by atoms with van der Waals surface area (Å²) in [5.41, 5.74) is 2.23. The summed E-state index contributed by atoms with van der Waals surface area (Å²) in [6, 6.07) is 5.92. The van der Waals surface area contributed by atoms with Crippen LogP contribution in [-0.2, 0) is 4.79 Å². The third kappa shape index (κ3) is 3.73. The highest BCUT2D eigenvalue weighted by atomic mass is 16.5. The Morgan fingerprint density at radius 2 is 2.10 bits per heavy atom. The van der Waals surface area contributed by atoms with E-state index in [9.17, 15) is 9.90 Å². The summed E-state index contributed by atoms with van der Waals surface area (Å²) in [6.45, 7) is 4.77. The first-order valence-electron chi connectivity index (χ1n) is 7.07. The van der Waals surface area contributed by atoms with Crippen molar-refractivity contribution in [1.29, 1.82) is 0 Å². The molecule has 4 heteroatoms. The van der Waals surface area contributed by atoms with E-state index in [4.69, 9.17) is 4.74 Å². The quantitative estimate of drug-likeness (QED) is 0.894. The van der Waals surface area contributed by atoms with Crippen LogP contribution in [0.1, 0.15) is 24.0 Å². The minimum Gasteiger partial charge on any atom is -0.484 e. The molecule has 0 spiro atoms. The summed E-state index contributed by atoms with van der Waals surface area (Å²) in [4.78, 5) is 13.7. The molecule has 1 aliphatic carbocycles. The van der Waals surface area contributed by atoms with Gasteiger partial charge >= 0.3 is 0 Å². The lowest BCUT2D eigenvalue weighted by molar-refractivity contribution is -0.133. The Bertz CT molecular complexity index is 481. The van der Waals surface area contributed by atoms with Crippen molar-refractivity contribution in [2.75, 3.05) is 20.2 Å². The van der Waals surface area contributed by atoms with E-state index in [-0.39, 0.29) is 18.6 Å². The average molecular weight is 277 g/mol. The molecule has 0 aromatic heterocycles. The topological polar surface area (TPSA) is 49.8 Å². The average Bonchev–Trinajstić information content (AvgIpc) is 2.35. The number of aliphatic hydroxyl groups excluding tert-OH is 1. The SMILES string of the molecule is Cc1ccc(OCC(=O)N(C)CC2CC(O)C2)c(C)c1. The molecule has 1 N–H and O–H groups in total. The molecule has 2 rings (SSSR count). The van der Waals surface area contributed by atoms with E-state index in [2.05, 4.69) is 0 Å². The smallest absolute Gasteiger partial charge is 0.260 e. The second-order valence-electron chi connectivity index (χ2n) is 5.82. The molecule has 1 amide bonds. The van der Waals surface area contributed by atoms with Gasteiger partial charge in [-0.15, -0.1) is 0 Å². The molecule has 0 atom stereocenters. The van der Waals surface area contributed by atoms with Gasteiger partial charge in [-0.1, -0.05) is 17.7 Å². The first kappa shape index (κ1) is 14.9. The molecule has 1 aromatic rings. The van der Waals surface area contributed by atoms with Gasteiger partial charge in [-0.2, -0.15) is 0 Å². The van der Waals surface area contributed by atoms with Crippen LogP contribution in [0.15, 0.2) is 18.2 Å². The molecule has 1 fully saturated rings. The first-order chi connectivity index (χ1) is 9.45. The van der Waals surface area contributed by atoms with Crippen LogP contribution in [0.2, 0.25) is 0 Å². The number of amides is 1. The zero-order valence-electron chi connectivity index (χ0n) is 12.4. The van der Waals surface area contributed by atoms with Crippen molar-refractivity contribution < 1.29 is 14.6 Å². The first-order valence-corrected chi connectivity index (χ1v) is 7.07. The highest BCUT2D eigenvalue weighted by molar-refractivity contribution is 5.77. The van der Waals surface area contributed by atoms with Crippen LogP contribution in [0.3, 0.4) is 0 Å². The Morgan fingerprint density at radius 1 is 1.40 bits per heavy atom. The predicted octanol–water partition coefficient (Wildman–Crippen LogP) is 1.91. The molecule has 0 heterocycles. The van der Waals surface area contributed by atoms with Crippen LogP contribution in [0.4, 0.5) is 0 Å². The van der Waals surface area contributed by atoms with Crippen molar-refractivity contribution >= 4 is 5.91 Å². The van der Waals surface area contributed by atoms with Gasteiger partial charge in [0.1, 0.15) is 5.75 Å². The second kappa shape index (κ2) is 6.27. The lowest BCUT2D eigenvalue weighted by Crippen LogP contribution is -2.41. The Hall–Kier alpha value is -1.55. The van der Waals surface area contributed by atoms with Gasteiger partial charge in [-0.25, -0.2) is 0 Å². The number of hydrogen-bond acceptors (Lipinski definition) is 3. The number of aliphatic hydroxyl groups is 1. The molecule has 1 aromatic carbocycles. The van der Waals surface area contributed by atoms with Crippen LogP contribution in [0.25, 0.3) is 0 Å². The fraction of sp³-hybridized carbons (Fsp3) is 0.562. The van der Waals surface area contributed by atoms with E-state index < -0.39 is 0 Å². The summed E-state index contributed by atoms with van der Waals surface area (Å²) >= 11 is 0. The van der Waals surface area contributed by atoms with E-state index in [1.54, 1.807) is 11.9 Å². The van der Waals surface area contributed by atoms with Gasteiger partial charge in [0.25, 0.3) is 5.91 Å². The van der Waals surface area contributed by atoms with Gasteiger partial charge in [0.05, 0.1) is 6.10 Å². The van der Waals surface area contributed by atoms with Crippen LogP contribution >= 0.6 is 0 Å². The third-order valence-corrected chi connectivity index (χ3v) is 3.85. The van der Waals surface area contributed by atoms with E-state index in [1.807, 2.05) is 32.0 Å². The van der Waals surface area contributed by atoms with Gasteiger partial charge in [0.2, 0.25) is 0 Å². The van der Waals surface area contributed by atoms with Crippen LogP contribution < -0.4 is 4.74 Å². The maximum atomic E-state index is 12.0. The minimum atomic E-state index is -0.171. The third-order valence-electron chi connectivity index (χ3n) is 3.85. The molecule has 20 heavy (non-hydrogen) atoms. The van der Waals surface area contributed by atoms with E-state index in [1.165, 1.54) is 5.56 Å². The van der Waals surface area contributed by atoms with Crippen molar-refractivity contribution in [3.63, 3.8) is 0 Å². The lowest BCUT2D eigenvalue weighted by Gasteiger charge is -2.34. The van der Waals surface area contributed by atoms with Crippen LogP contribution in [0.5, 0.6) is 5.75 Å². The zero-order valence-corrected chi connectivity index (χ0v) is 12.4. The fourth-order valence-electron chi connectivity index (χ4n) is 2.55. The summed E-state index contributed by atoms with van der Waals surface area (Å²) in [6.07, 6.45) is 1.43. The van der Waals surface area contributed by atoms with Gasteiger partial charge < -0.3 is 14.7 Å². The highest BCUT2D eigenvalue weighted by Crippen LogP contribution is 2.27. The molecule has 0 aliphatic heterocycles. The van der Waals surface area contributed by atoms with E-state index in [0.717, 1.165) is 24.2 Å². The molecule has 0 unspecified atom stereocenters. The van der Waals surface area contributed by atoms with Crippen molar-refractivity contribution in [2.24, 2.45) is 5.92 Å². The Balaban J connectivity index is 1.79. The molecule has 1 aliphatic rings. The largest absolute Gasteiger partial charge is 0.484 e. The van der Waals surface area contributed by atoms with Crippen molar-refractivity contribution in [2.45, 2.75) is 32.8 Å². The maximum absolute atomic E-state index is 12.0. The molecule has 4 nitrogen and oxygen atoms in total. The maximum Gasteiger partial charge on any atom is 0.260 e. The number of likely N-dealkylation sites (N-methyl/N-ethyl adjacent to an activating group) is 1. The normalized spacial score (nSPS) is 21.2. The number of ether oxygens (including phenoxy) is 1. The summed E-state index contributed by atoms with van der Waals surface area (Å²) < 4.78 is 5.59. The highest BCUT2D eigenvalue weighted by Gasteiger charge is 2.29. The molecule has 0 radical (unpaired) electrons. The number of hydrogen-bond donors (Lipinski definition) is 1. The summed E-state index contributed by atoms with van der Waals surface area (Å²) in [7, 11) is 1.79.